The van der Waals surface area contributed by atoms with Crippen LogP contribution in [0.2, 0.25) is 0 Å². The molecule has 1 unspecified atom stereocenters. The molecule has 0 bridgehead atoms. The van der Waals surface area contributed by atoms with E-state index in [0.29, 0.717) is 6.04 Å². The van der Waals surface area contributed by atoms with Crippen LogP contribution in [0.3, 0.4) is 0 Å². The molecule has 1 aromatic rings. The maximum Gasteiger partial charge on any atom is 0.269 e. The van der Waals surface area contributed by atoms with E-state index in [4.69, 9.17) is 0 Å². The Balaban J connectivity index is 2.37. The summed E-state index contributed by atoms with van der Waals surface area (Å²) < 4.78 is 0. The largest absolute Gasteiger partial charge is 0.310 e. The van der Waals surface area contributed by atoms with Crippen LogP contribution in [0.1, 0.15) is 18.1 Å². The molecule has 0 radical (unpaired) electrons. The Bertz CT molecular complexity index is 376. The van der Waals surface area contributed by atoms with Crippen LogP contribution >= 0.6 is 0 Å². The standard InChI is InChI=1S/C10H12N2O2/c1-7-4-9-5-10(12(13)14)3-2-8(9)6-11-7/h2-3,5,7,11H,4,6H2,1H3. The second-order valence-electron chi connectivity index (χ2n) is 3.70. The van der Waals surface area contributed by atoms with E-state index in [1.807, 2.05) is 6.07 Å². The van der Waals surface area contributed by atoms with Gasteiger partial charge in [0.2, 0.25) is 0 Å². The third-order valence-corrected chi connectivity index (χ3v) is 2.57. The molecule has 14 heavy (non-hydrogen) atoms. The molecule has 0 saturated heterocycles. The molecule has 4 nitrogen and oxygen atoms in total. The first-order valence-corrected chi connectivity index (χ1v) is 4.66. The molecular weight excluding hydrogens is 180 g/mol. The Morgan fingerprint density at radius 1 is 1.50 bits per heavy atom. The van der Waals surface area contributed by atoms with E-state index in [1.54, 1.807) is 12.1 Å². The lowest BCUT2D eigenvalue weighted by Gasteiger charge is -2.22. The monoisotopic (exact) mass is 192 g/mol. The van der Waals surface area contributed by atoms with Crippen LogP contribution < -0.4 is 5.32 Å². The smallest absolute Gasteiger partial charge is 0.269 e. The van der Waals surface area contributed by atoms with Gasteiger partial charge in [0.15, 0.2) is 0 Å². The Morgan fingerprint density at radius 3 is 3.00 bits per heavy atom. The number of benzene rings is 1. The topological polar surface area (TPSA) is 55.2 Å². The molecule has 1 aliphatic rings. The number of hydrogen-bond donors (Lipinski definition) is 1. The average molecular weight is 192 g/mol. The third-order valence-electron chi connectivity index (χ3n) is 2.57. The molecule has 0 spiro atoms. The van der Waals surface area contributed by atoms with Crippen LogP contribution in [-0.4, -0.2) is 11.0 Å². The molecule has 0 fully saturated rings. The number of hydrogen-bond acceptors (Lipinski definition) is 3. The average Bonchev–Trinajstić information content (AvgIpc) is 2.16. The van der Waals surface area contributed by atoms with Gasteiger partial charge in [-0.05, 0) is 24.5 Å². The molecule has 0 aromatic heterocycles. The van der Waals surface area contributed by atoms with Crippen LogP contribution in [0, 0.1) is 10.1 Å². The highest BCUT2D eigenvalue weighted by Crippen LogP contribution is 2.22. The van der Waals surface area contributed by atoms with Gasteiger partial charge in [-0.1, -0.05) is 6.07 Å². The molecule has 0 aliphatic carbocycles. The number of nitrogens with one attached hydrogen (secondary N) is 1. The summed E-state index contributed by atoms with van der Waals surface area (Å²) in [6.45, 7) is 2.90. The lowest BCUT2D eigenvalue weighted by molar-refractivity contribution is -0.384. The number of fused-ring (bicyclic) bond motifs is 1. The summed E-state index contributed by atoms with van der Waals surface area (Å²) in [5.41, 5.74) is 2.47. The summed E-state index contributed by atoms with van der Waals surface area (Å²) in [4.78, 5) is 10.2. The number of rotatable bonds is 1. The van der Waals surface area contributed by atoms with Gasteiger partial charge in [-0.3, -0.25) is 10.1 Å². The number of nitro benzene ring substituents is 1. The van der Waals surface area contributed by atoms with Gasteiger partial charge in [-0.25, -0.2) is 0 Å². The molecule has 1 atom stereocenters. The van der Waals surface area contributed by atoms with Gasteiger partial charge in [0, 0.05) is 24.7 Å². The minimum Gasteiger partial charge on any atom is -0.310 e. The molecular formula is C10H12N2O2. The Labute approximate surface area is 82.1 Å². The van der Waals surface area contributed by atoms with Crippen LogP contribution in [-0.2, 0) is 13.0 Å². The van der Waals surface area contributed by atoms with Gasteiger partial charge >= 0.3 is 0 Å². The fourth-order valence-corrected chi connectivity index (χ4v) is 1.77. The van der Waals surface area contributed by atoms with Crippen molar-refractivity contribution in [1.29, 1.82) is 0 Å². The van der Waals surface area contributed by atoms with Crippen molar-refractivity contribution >= 4 is 5.69 Å². The van der Waals surface area contributed by atoms with Gasteiger partial charge < -0.3 is 5.32 Å². The highest BCUT2D eigenvalue weighted by Gasteiger charge is 2.17. The van der Waals surface area contributed by atoms with Crippen molar-refractivity contribution in [3.63, 3.8) is 0 Å². The quantitative estimate of drug-likeness (QED) is 0.543. The summed E-state index contributed by atoms with van der Waals surface area (Å²) in [6, 6.07) is 5.50. The molecule has 4 heteroatoms. The molecule has 1 aliphatic heterocycles. The Kier molecular flexibility index (Phi) is 2.21. The minimum absolute atomic E-state index is 0.192. The van der Waals surface area contributed by atoms with E-state index in [2.05, 4.69) is 12.2 Å². The number of non-ortho nitro benzene ring substituents is 1. The van der Waals surface area contributed by atoms with Crippen molar-refractivity contribution in [2.24, 2.45) is 0 Å². The lowest BCUT2D eigenvalue weighted by Crippen LogP contribution is -2.32. The maximum atomic E-state index is 10.6. The van der Waals surface area contributed by atoms with Gasteiger partial charge in [-0.15, -0.1) is 0 Å². The second-order valence-corrected chi connectivity index (χ2v) is 3.70. The molecule has 1 heterocycles. The van der Waals surface area contributed by atoms with E-state index < -0.39 is 0 Å². The van der Waals surface area contributed by atoms with E-state index in [0.717, 1.165) is 18.5 Å². The van der Waals surface area contributed by atoms with Gasteiger partial charge in [0.05, 0.1) is 4.92 Å². The van der Waals surface area contributed by atoms with E-state index in [1.165, 1.54) is 5.56 Å². The molecule has 0 saturated carbocycles. The molecule has 74 valence electrons. The van der Waals surface area contributed by atoms with Crippen molar-refractivity contribution in [2.45, 2.75) is 25.9 Å². The summed E-state index contributed by atoms with van der Waals surface area (Å²) in [5.74, 6) is 0. The van der Waals surface area contributed by atoms with Crippen molar-refractivity contribution in [3.05, 3.63) is 39.4 Å². The molecule has 2 rings (SSSR count). The Morgan fingerprint density at radius 2 is 2.29 bits per heavy atom. The summed E-state index contributed by atoms with van der Waals surface area (Å²) in [5, 5.41) is 13.9. The first-order valence-electron chi connectivity index (χ1n) is 4.66. The summed E-state index contributed by atoms with van der Waals surface area (Å²) in [6.07, 6.45) is 0.872. The first-order chi connectivity index (χ1) is 6.66. The van der Waals surface area contributed by atoms with Gasteiger partial charge in [-0.2, -0.15) is 0 Å². The molecule has 1 N–H and O–H groups in total. The minimum atomic E-state index is -0.340. The number of nitro groups is 1. The van der Waals surface area contributed by atoms with Crippen molar-refractivity contribution in [1.82, 2.24) is 5.32 Å². The highest BCUT2D eigenvalue weighted by atomic mass is 16.6. The molecule has 0 amide bonds. The zero-order chi connectivity index (χ0) is 10.1. The summed E-state index contributed by atoms with van der Waals surface area (Å²) >= 11 is 0. The maximum absolute atomic E-state index is 10.6. The fourth-order valence-electron chi connectivity index (χ4n) is 1.77. The van der Waals surface area contributed by atoms with E-state index >= 15 is 0 Å². The van der Waals surface area contributed by atoms with Crippen LogP contribution in [0.15, 0.2) is 18.2 Å². The normalized spacial score (nSPS) is 20.2. The molecule has 1 aromatic carbocycles. The zero-order valence-electron chi connectivity index (χ0n) is 7.99. The first kappa shape index (κ1) is 9.15. The second kappa shape index (κ2) is 3.38. The van der Waals surface area contributed by atoms with Crippen LogP contribution in [0.4, 0.5) is 5.69 Å². The Hall–Kier alpha value is -1.42. The zero-order valence-corrected chi connectivity index (χ0v) is 7.99. The fraction of sp³-hybridized carbons (Fsp3) is 0.400. The van der Waals surface area contributed by atoms with Crippen molar-refractivity contribution in [2.75, 3.05) is 0 Å². The highest BCUT2D eigenvalue weighted by molar-refractivity contribution is 5.41. The third kappa shape index (κ3) is 1.61. The van der Waals surface area contributed by atoms with Gasteiger partial charge in [0.25, 0.3) is 5.69 Å². The predicted octanol–water partition coefficient (Wildman–Crippen LogP) is 1.63. The van der Waals surface area contributed by atoms with Crippen molar-refractivity contribution in [3.8, 4) is 0 Å². The van der Waals surface area contributed by atoms with Gasteiger partial charge in [0.1, 0.15) is 0 Å². The van der Waals surface area contributed by atoms with E-state index in [-0.39, 0.29) is 10.6 Å². The van der Waals surface area contributed by atoms with Crippen LogP contribution in [0.5, 0.6) is 0 Å². The van der Waals surface area contributed by atoms with E-state index in [9.17, 15) is 10.1 Å². The lowest BCUT2D eigenvalue weighted by atomic mass is 9.96. The predicted molar refractivity (Wildman–Crippen MR) is 53.1 cm³/mol. The number of nitrogens with zero attached hydrogens (tertiary/aromatic N) is 1. The SMILES string of the molecule is CC1Cc2cc([N+](=O)[O-])ccc2CN1. The van der Waals surface area contributed by atoms with Crippen molar-refractivity contribution < 1.29 is 4.92 Å². The summed E-state index contributed by atoms with van der Waals surface area (Å²) in [7, 11) is 0. The van der Waals surface area contributed by atoms with Crippen LogP contribution in [0.25, 0.3) is 0 Å².